The average Bonchev–Trinajstić information content (AvgIpc) is 3.15. The van der Waals surface area contributed by atoms with Gasteiger partial charge >= 0.3 is 5.97 Å². The molecule has 6 nitrogen and oxygen atoms in total. The summed E-state index contributed by atoms with van der Waals surface area (Å²) in [7, 11) is 0. The molecule has 2 aromatic heterocycles. The number of nitrogens with zero attached hydrogens (tertiary/aromatic N) is 2. The molecule has 0 bridgehead atoms. The SMILES string of the molecule is CC(=O)OCCOC(Cc1cccnc1)c1nc(C(C)C)c(Sc2ccccc2)[nH]1. The van der Waals surface area contributed by atoms with Gasteiger partial charge in [0.15, 0.2) is 0 Å². The minimum absolute atomic E-state index is 0.211. The Balaban J connectivity index is 1.83. The third-order valence-corrected chi connectivity index (χ3v) is 5.40. The minimum Gasteiger partial charge on any atom is -0.463 e. The van der Waals surface area contributed by atoms with Crippen molar-refractivity contribution < 1.29 is 14.3 Å². The first-order valence-corrected chi connectivity index (χ1v) is 10.8. The van der Waals surface area contributed by atoms with Crippen LogP contribution in [0.3, 0.4) is 0 Å². The highest BCUT2D eigenvalue weighted by atomic mass is 32.2. The van der Waals surface area contributed by atoms with E-state index in [1.807, 2.05) is 36.5 Å². The molecule has 0 saturated heterocycles. The van der Waals surface area contributed by atoms with E-state index in [-0.39, 0.29) is 24.6 Å². The van der Waals surface area contributed by atoms with Crippen LogP contribution in [-0.2, 0) is 20.7 Å². The first-order valence-electron chi connectivity index (χ1n) is 9.99. The lowest BCUT2D eigenvalue weighted by atomic mass is 10.1. The van der Waals surface area contributed by atoms with E-state index in [1.54, 1.807) is 18.0 Å². The molecule has 30 heavy (non-hydrogen) atoms. The van der Waals surface area contributed by atoms with Crippen molar-refractivity contribution in [3.63, 3.8) is 0 Å². The predicted octanol–water partition coefficient (Wildman–Crippen LogP) is 4.94. The Bertz CT molecular complexity index is 929. The second-order valence-electron chi connectivity index (χ2n) is 7.17. The Morgan fingerprint density at radius 1 is 1.13 bits per heavy atom. The third-order valence-electron chi connectivity index (χ3n) is 4.38. The Kier molecular flexibility index (Phi) is 8.04. The fourth-order valence-corrected chi connectivity index (χ4v) is 4.03. The summed E-state index contributed by atoms with van der Waals surface area (Å²) in [5.74, 6) is 0.717. The fourth-order valence-electron chi connectivity index (χ4n) is 2.96. The molecule has 3 aromatic rings. The van der Waals surface area contributed by atoms with Crippen molar-refractivity contribution in [2.24, 2.45) is 0 Å². The summed E-state index contributed by atoms with van der Waals surface area (Å²) >= 11 is 1.66. The van der Waals surface area contributed by atoms with Crippen LogP contribution in [0.4, 0.5) is 0 Å². The molecule has 0 aliphatic heterocycles. The molecule has 0 spiro atoms. The summed E-state index contributed by atoms with van der Waals surface area (Å²) < 4.78 is 11.1. The van der Waals surface area contributed by atoms with E-state index in [1.165, 1.54) is 6.92 Å². The highest BCUT2D eigenvalue weighted by Gasteiger charge is 2.22. The third kappa shape index (κ3) is 6.43. The maximum Gasteiger partial charge on any atom is 0.302 e. The number of esters is 1. The van der Waals surface area contributed by atoms with Crippen LogP contribution in [0.15, 0.2) is 64.8 Å². The molecular weight excluding hydrogens is 398 g/mol. The Morgan fingerprint density at radius 3 is 2.60 bits per heavy atom. The Hall–Kier alpha value is -2.64. The first kappa shape index (κ1) is 22.1. The number of hydrogen-bond acceptors (Lipinski definition) is 6. The molecule has 0 aliphatic rings. The first-order chi connectivity index (χ1) is 14.5. The highest BCUT2D eigenvalue weighted by Crippen LogP contribution is 2.34. The number of carbonyl (C=O) groups excluding carboxylic acids is 1. The highest BCUT2D eigenvalue weighted by molar-refractivity contribution is 7.99. The molecular formula is C23H27N3O3S. The number of pyridine rings is 1. The number of nitrogens with one attached hydrogen (secondary N) is 1. The molecule has 0 amide bonds. The lowest BCUT2D eigenvalue weighted by Gasteiger charge is -2.16. The van der Waals surface area contributed by atoms with E-state index in [0.29, 0.717) is 13.0 Å². The smallest absolute Gasteiger partial charge is 0.302 e. The van der Waals surface area contributed by atoms with Crippen LogP contribution in [0.25, 0.3) is 0 Å². The summed E-state index contributed by atoms with van der Waals surface area (Å²) in [5.41, 5.74) is 2.06. The van der Waals surface area contributed by atoms with Crippen LogP contribution >= 0.6 is 11.8 Å². The standard InChI is InChI=1S/C23H27N3O3S/c1-16(2)21-23(30-19-9-5-4-6-10-19)26-22(25-21)20(29-13-12-28-17(3)27)14-18-8-7-11-24-15-18/h4-11,15-16,20H,12-14H2,1-3H3,(H,25,26). The number of carbonyl (C=O) groups is 1. The van der Waals surface area contributed by atoms with Gasteiger partial charge in [0.1, 0.15) is 23.6 Å². The Morgan fingerprint density at radius 2 is 1.93 bits per heavy atom. The van der Waals surface area contributed by atoms with E-state index in [2.05, 4.69) is 35.9 Å². The molecule has 1 aromatic carbocycles. The molecule has 1 atom stereocenters. The minimum atomic E-state index is -0.316. The maximum absolute atomic E-state index is 11.0. The number of rotatable bonds is 10. The summed E-state index contributed by atoms with van der Waals surface area (Å²) in [6.45, 7) is 6.16. The van der Waals surface area contributed by atoms with Gasteiger partial charge in [0.25, 0.3) is 0 Å². The van der Waals surface area contributed by atoms with Crippen molar-refractivity contribution in [1.82, 2.24) is 15.0 Å². The lowest BCUT2D eigenvalue weighted by molar-refractivity contribution is -0.143. The number of benzene rings is 1. The zero-order chi connectivity index (χ0) is 21.3. The molecule has 0 fully saturated rings. The molecule has 2 heterocycles. The van der Waals surface area contributed by atoms with Gasteiger partial charge in [0.05, 0.1) is 12.3 Å². The number of hydrogen-bond donors (Lipinski definition) is 1. The van der Waals surface area contributed by atoms with Crippen LogP contribution in [0.5, 0.6) is 0 Å². The van der Waals surface area contributed by atoms with Gasteiger partial charge in [-0.3, -0.25) is 9.78 Å². The normalized spacial score (nSPS) is 12.1. The molecule has 158 valence electrons. The molecule has 0 saturated carbocycles. The van der Waals surface area contributed by atoms with Crippen LogP contribution < -0.4 is 0 Å². The van der Waals surface area contributed by atoms with Crippen molar-refractivity contribution in [3.05, 3.63) is 71.9 Å². The molecule has 0 radical (unpaired) electrons. The molecule has 3 rings (SSSR count). The van der Waals surface area contributed by atoms with Crippen molar-refractivity contribution in [2.75, 3.05) is 13.2 Å². The second kappa shape index (κ2) is 10.9. The number of aromatic amines is 1. The topological polar surface area (TPSA) is 77.1 Å². The van der Waals surface area contributed by atoms with Crippen molar-refractivity contribution in [2.45, 2.75) is 49.1 Å². The van der Waals surface area contributed by atoms with Gasteiger partial charge in [-0.2, -0.15) is 0 Å². The molecule has 1 N–H and O–H groups in total. The van der Waals surface area contributed by atoms with Crippen LogP contribution in [0.1, 0.15) is 49.9 Å². The zero-order valence-corrected chi connectivity index (χ0v) is 18.3. The summed E-state index contributed by atoms with van der Waals surface area (Å²) in [4.78, 5) is 24.8. The number of H-pyrrole nitrogens is 1. The molecule has 1 unspecified atom stereocenters. The van der Waals surface area contributed by atoms with Crippen LogP contribution in [0, 0.1) is 0 Å². The average molecular weight is 426 g/mol. The lowest BCUT2D eigenvalue weighted by Crippen LogP contribution is -2.15. The summed E-state index contributed by atoms with van der Waals surface area (Å²) in [6, 6.07) is 14.1. The van der Waals surface area contributed by atoms with E-state index in [0.717, 1.165) is 27.0 Å². The quantitative estimate of drug-likeness (QED) is 0.366. The van der Waals surface area contributed by atoms with Gasteiger partial charge in [0, 0.05) is 30.6 Å². The number of aromatic nitrogens is 3. The van der Waals surface area contributed by atoms with Crippen molar-refractivity contribution in [1.29, 1.82) is 0 Å². The number of ether oxygens (including phenoxy) is 2. The van der Waals surface area contributed by atoms with Crippen LogP contribution in [0.2, 0.25) is 0 Å². The van der Waals surface area contributed by atoms with E-state index in [4.69, 9.17) is 14.5 Å². The summed E-state index contributed by atoms with van der Waals surface area (Å²) in [6.07, 6.45) is 3.90. The Labute approximate surface area is 181 Å². The van der Waals surface area contributed by atoms with E-state index >= 15 is 0 Å². The fraction of sp³-hybridized carbons (Fsp3) is 0.348. The van der Waals surface area contributed by atoms with Crippen molar-refractivity contribution >= 4 is 17.7 Å². The van der Waals surface area contributed by atoms with Gasteiger partial charge in [0.2, 0.25) is 0 Å². The maximum atomic E-state index is 11.0. The van der Waals surface area contributed by atoms with Gasteiger partial charge < -0.3 is 14.5 Å². The zero-order valence-electron chi connectivity index (χ0n) is 17.5. The largest absolute Gasteiger partial charge is 0.463 e. The second-order valence-corrected chi connectivity index (χ2v) is 8.25. The summed E-state index contributed by atoms with van der Waals surface area (Å²) in [5, 5.41) is 1.02. The molecule has 7 heteroatoms. The van der Waals surface area contributed by atoms with Crippen molar-refractivity contribution in [3.8, 4) is 0 Å². The van der Waals surface area contributed by atoms with Crippen LogP contribution in [-0.4, -0.2) is 34.1 Å². The molecule has 0 aliphatic carbocycles. The van der Waals surface area contributed by atoms with Gasteiger partial charge in [-0.1, -0.05) is 49.9 Å². The number of imidazole rings is 1. The van der Waals surface area contributed by atoms with E-state index in [9.17, 15) is 4.79 Å². The monoisotopic (exact) mass is 425 g/mol. The van der Waals surface area contributed by atoms with E-state index < -0.39 is 0 Å². The predicted molar refractivity (Wildman–Crippen MR) is 117 cm³/mol. The van der Waals surface area contributed by atoms with Gasteiger partial charge in [-0.25, -0.2) is 4.98 Å². The van der Waals surface area contributed by atoms with Gasteiger partial charge in [-0.05, 0) is 29.7 Å². The van der Waals surface area contributed by atoms with Gasteiger partial charge in [-0.15, -0.1) is 0 Å².